The van der Waals surface area contributed by atoms with Crippen LogP contribution in [0.15, 0.2) is 24.3 Å². The number of hydrogen-bond donors (Lipinski definition) is 0. The monoisotopic (exact) mass is 354 g/mol. The first-order chi connectivity index (χ1) is 12.7. The summed E-state index contributed by atoms with van der Waals surface area (Å²) in [6.07, 6.45) is 3.29. The maximum absolute atomic E-state index is 12.4. The summed E-state index contributed by atoms with van der Waals surface area (Å²) in [5.74, 6) is -1.12. The highest BCUT2D eigenvalue weighted by molar-refractivity contribution is 5.85. The zero-order valence-corrected chi connectivity index (χ0v) is 14.9. The van der Waals surface area contributed by atoms with Crippen LogP contribution in [0.5, 0.6) is 0 Å². The molecule has 1 aromatic carbocycles. The molecule has 0 spiro atoms. The highest BCUT2D eigenvalue weighted by Gasteiger charge is 2.30. The van der Waals surface area contributed by atoms with Crippen LogP contribution in [0.3, 0.4) is 0 Å². The van der Waals surface area contributed by atoms with Gasteiger partial charge >= 0.3 is 5.97 Å². The van der Waals surface area contributed by atoms with Crippen molar-refractivity contribution in [1.29, 1.82) is 5.26 Å². The van der Waals surface area contributed by atoms with Gasteiger partial charge in [0.05, 0.1) is 23.7 Å². The van der Waals surface area contributed by atoms with Gasteiger partial charge in [-0.05, 0) is 31.4 Å². The van der Waals surface area contributed by atoms with E-state index in [-0.39, 0.29) is 13.2 Å². The van der Waals surface area contributed by atoms with Crippen LogP contribution in [0.2, 0.25) is 0 Å². The summed E-state index contributed by atoms with van der Waals surface area (Å²) >= 11 is 0. The summed E-state index contributed by atoms with van der Waals surface area (Å²) in [6, 6.07) is 9.52. The zero-order valence-electron chi connectivity index (χ0n) is 14.9. The number of piperidine rings is 1. The molecule has 7 nitrogen and oxygen atoms in total. The van der Waals surface area contributed by atoms with E-state index in [1.165, 1.54) is 13.5 Å². The summed E-state index contributed by atoms with van der Waals surface area (Å²) < 4.78 is 10.1. The van der Waals surface area contributed by atoms with Crippen LogP contribution in [0, 0.1) is 11.3 Å². The first-order valence-electron chi connectivity index (χ1n) is 8.81. The lowest BCUT2D eigenvalue weighted by Crippen LogP contribution is -2.32. The fourth-order valence-corrected chi connectivity index (χ4v) is 3.07. The standard InChI is InChI=1S/C19H22N4O3/c1-25-11-12-26-19(24)14(13-20)17-18(23-9-5-2-6-10-23)22-16-8-4-3-7-15(16)21-17/h3-4,7-8,14H,2,5-6,9-12H2,1H3. The van der Waals surface area contributed by atoms with Gasteiger partial charge in [-0.25, -0.2) is 9.97 Å². The van der Waals surface area contributed by atoms with Gasteiger partial charge in [0.15, 0.2) is 11.7 Å². The van der Waals surface area contributed by atoms with Gasteiger partial charge < -0.3 is 14.4 Å². The van der Waals surface area contributed by atoms with Crippen molar-refractivity contribution < 1.29 is 14.3 Å². The van der Waals surface area contributed by atoms with E-state index in [0.29, 0.717) is 17.0 Å². The van der Waals surface area contributed by atoms with Crippen LogP contribution in [-0.4, -0.2) is 49.4 Å². The van der Waals surface area contributed by atoms with Gasteiger partial charge in [-0.3, -0.25) is 4.79 Å². The van der Waals surface area contributed by atoms with Crippen LogP contribution in [0.4, 0.5) is 5.82 Å². The third-order valence-electron chi connectivity index (χ3n) is 4.40. The summed E-state index contributed by atoms with van der Waals surface area (Å²) in [7, 11) is 1.53. The predicted octanol–water partition coefficient (Wildman–Crippen LogP) is 2.42. The van der Waals surface area contributed by atoms with Gasteiger partial charge in [0, 0.05) is 20.2 Å². The van der Waals surface area contributed by atoms with Gasteiger partial charge in [0.25, 0.3) is 0 Å². The van der Waals surface area contributed by atoms with Gasteiger partial charge in [0.1, 0.15) is 12.3 Å². The number of benzene rings is 1. The Morgan fingerprint density at radius 2 is 1.88 bits per heavy atom. The maximum Gasteiger partial charge on any atom is 0.329 e. The molecule has 7 heteroatoms. The van der Waals surface area contributed by atoms with Gasteiger partial charge in [-0.2, -0.15) is 5.26 Å². The van der Waals surface area contributed by atoms with Gasteiger partial charge in [0.2, 0.25) is 0 Å². The van der Waals surface area contributed by atoms with E-state index < -0.39 is 11.9 Å². The maximum atomic E-state index is 12.4. The van der Waals surface area contributed by atoms with Crippen molar-refractivity contribution in [1.82, 2.24) is 9.97 Å². The molecule has 0 amide bonds. The van der Waals surface area contributed by atoms with Crippen molar-refractivity contribution in [2.75, 3.05) is 38.3 Å². The molecule has 0 aliphatic carbocycles. The number of carbonyl (C=O) groups is 1. The first-order valence-corrected chi connectivity index (χ1v) is 8.81. The third kappa shape index (κ3) is 3.92. The van der Waals surface area contributed by atoms with E-state index >= 15 is 0 Å². The molecule has 1 aliphatic rings. The molecule has 0 saturated carbocycles. The highest BCUT2D eigenvalue weighted by Crippen LogP contribution is 2.29. The van der Waals surface area contributed by atoms with Crippen LogP contribution in [-0.2, 0) is 14.3 Å². The number of rotatable bonds is 6. The molecule has 0 N–H and O–H groups in total. The molecule has 2 heterocycles. The van der Waals surface area contributed by atoms with Crippen LogP contribution in [0.1, 0.15) is 30.9 Å². The topological polar surface area (TPSA) is 88.3 Å². The largest absolute Gasteiger partial charge is 0.462 e. The van der Waals surface area contributed by atoms with E-state index in [0.717, 1.165) is 31.4 Å². The van der Waals surface area contributed by atoms with Crippen molar-refractivity contribution >= 4 is 22.8 Å². The smallest absolute Gasteiger partial charge is 0.329 e. The van der Waals surface area contributed by atoms with Crippen molar-refractivity contribution in [3.63, 3.8) is 0 Å². The molecule has 3 rings (SSSR count). The molecule has 1 fully saturated rings. The minimum Gasteiger partial charge on any atom is -0.462 e. The number of methoxy groups -OCH3 is 1. The van der Waals surface area contributed by atoms with Gasteiger partial charge in [-0.1, -0.05) is 12.1 Å². The molecular formula is C19H22N4O3. The fourth-order valence-electron chi connectivity index (χ4n) is 3.07. The number of para-hydroxylation sites is 2. The number of fused-ring (bicyclic) bond motifs is 1. The second-order valence-corrected chi connectivity index (χ2v) is 6.19. The SMILES string of the molecule is COCCOC(=O)C(C#N)c1nc2ccccc2nc1N1CCCCC1. The Bertz CT molecular complexity index is 812. The number of aromatic nitrogens is 2. The minimum absolute atomic E-state index is 0.105. The number of carbonyl (C=O) groups excluding carboxylic acids is 1. The Kier molecular flexibility index (Phi) is 5.97. The predicted molar refractivity (Wildman–Crippen MR) is 96.8 cm³/mol. The molecule has 1 atom stereocenters. The minimum atomic E-state index is -1.11. The Labute approximate surface area is 152 Å². The van der Waals surface area contributed by atoms with Crippen LogP contribution >= 0.6 is 0 Å². The molecule has 26 heavy (non-hydrogen) atoms. The summed E-state index contributed by atoms with van der Waals surface area (Å²) in [5.41, 5.74) is 1.78. The van der Waals surface area contributed by atoms with E-state index in [1.807, 2.05) is 30.3 Å². The molecule has 1 unspecified atom stereocenters. The first kappa shape index (κ1) is 18.1. The highest BCUT2D eigenvalue weighted by atomic mass is 16.6. The lowest BCUT2D eigenvalue weighted by molar-refractivity contribution is -0.145. The molecule has 0 radical (unpaired) electrons. The van der Waals surface area contributed by atoms with Crippen molar-refractivity contribution in [2.45, 2.75) is 25.2 Å². The molecular weight excluding hydrogens is 332 g/mol. The number of esters is 1. The quantitative estimate of drug-likeness (QED) is 0.581. The Balaban J connectivity index is 2.00. The van der Waals surface area contributed by atoms with E-state index in [9.17, 15) is 10.1 Å². The average molecular weight is 354 g/mol. The van der Waals surface area contributed by atoms with E-state index in [2.05, 4.69) is 9.88 Å². The molecule has 136 valence electrons. The van der Waals surface area contributed by atoms with E-state index in [1.54, 1.807) is 0 Å². The van der Waals surface area contributed by atoms with Crippen LogP contribution < -0.4 is 4.90 Å². The second kappa shape index (κ2) is 8.59. The van der Waals surface area contributed by atoms with Crippen molar-refractivity contribution in [3.05, 3.63) is 30.0 Å². The number of nitriles is 1. The van der Waals surface area contributed by atoms with E-state index in [4.69, 9.17) is 14.5 Å². The number of ether oxygens (including phenoxy) is 2. The lowest BCUT2D eigenvalue weighted by Gasteiger charge is -2.29. The normalized spacial score (nSPS) is 15.5. The Hall–Kier alpha value is -2.72. The van der Waals surface area contributed by atoms with Crippen molar-refractivity contribution in [2.24, 2.45) is 0 Å². The Morgan fingerprint density at radius 3 is 2.54 bits per heavy atom. The molecule has 0 bridgehead atoms. The average Bonchev–Trinajstić information content (AvgIpc) is 2.69. The van der Waals surface area contributed by atoms with Gasteiger partial charge in [-0.15, -0.1) is 0 Å². The molecule has 1 aliphatic heterocycles. The molecule has 1 aromatic heterocycles. The molecule has 2 aromatic rings. The number of hydrogen-bond acceptors (Lipinski definition) is 7. The molecule has 1 saturated heterocycles. The lowest BCUT2D eigenvalue weighted by atomic mass is 10.0. The second-order valence-electron chi connectivity index (χ2n) is 6.19. The summed E-state index contributed by atoms with van der Waals surface area (Å²) in [4.78, 5) is 23.9. The summed E-state index contributed by atoms with van der Waals surface area (Å²) in [5, 5.41) is 9.63. The fraction of sp³-hybridized carbons (Fsp3) is 0.474. The number of nitrogens with zero attached hydrogens (tertiary/aromatic N) is 4. The summed E-state index contributed by atoms with van der Waals surface area (Å²) in [6.45, 7) is 2.08. The van der Waals surface area contributed by atoms with Crippen LogP contribution in [0.25, 0.3) is 11.0 Å². The third-order valence-corrected chi connectivity index (χ3v) is 4.40. The van der Waals surface area contributed by atoms with Crippen molar-refractivity contribution in [3.8, 4) is 6.07 Å². The number of anilines is 1. The zero-order chi connectivity index (χ0) is 18.4. The Morgan fingerprint density at radius 1 is 1.19 bits per heavy atom.